The van der Waals surface area contributed by atoms with Gasteiger partial charge in [-0.3, -0.25) is 14.7 Å². The van der Waals surface area contributed by atoms with Crippen molar-refractivity contribution in [2.75, 3.05) is 6.61 Å². The van der Waals surface area contributed by atoms with Crippen LogP contribution in [0.25, 0.3) is 0 Å². The molecular formula is C20H21N3O3S. The minimum absolute atomic E-state index is 0.231. The molecule has 1 aliphatic rings. The third kappa shape index (κ3) is 3.68. The average Bonchev–Trinajstić information content (AvgIpc) is 3.07. The number of aromatic nitrogens is 1. The minimum atomic E-state index is -0.558. The van der Waals surface area contributed by atoms with E-state index in [9.17, 15) is 9.59 Å². The first-order chi connectivity index (χ1) is 12.9. The van der Waals surface area contributed by atoms with Crippen molar-refractivity contribution in [2.24, 2.45) is 4.99 Å². The first kappa shape index (κ1) is 19.0. The second kappa shape index (κ2) is 7.84. The number of aliphatic imine (C=N–C) groups is 1. The molecule has 6 nitrogen and oxygen atoms in total. The van der Waals surface area contributed by atoms with E-state index in [0.717, 1.165) is 10.6 Å². The largest absolute Gasteiger partial charge is 0.463 e. The fourth-order valence-corrected chi connectivity index (χ4v) is 3.69. The van der Waals surface area contributed by atoms with Crippen LogP contribution >= 0.6 is 11.3 Å². The maximum Gasteiger partial charge on any atom is 0.338 e. The number of amidine groups is 1. The van der Waals surface area contributed by atoms with Gasteiger partial charge in [0.2, 0.25) is 5.91 Å². The Bertz CT molecular complexity index is 931. The van der Waals surface area contributed by atoms with Gasteiger partial charge in [0.25, 0.3) is 0 Å². The standard InChI is InChI=1S/C20H21N3O3S/c1-5-26-20(25)17-12(2)23(14(4)24)19(16-11-27-13(3)21-16)22-18(17)15-9-7-6-8-10-15/h6-11,18H,5H2,1-4H3. The second-order valence-corrected chi connectivity index (χ2v) is 7.15. The van der Waals surface area contributed by atoms with Gasteiger partial charge in [0.05, 0.1) is 17.2 Å². The van der Waals surface area contributed by atoms with E-state index in [1.54, 1.807) is 13.8 Å². The molecule has 2 aromatic rings. The first-order valence-electron chi connectivity index (χ1n) is 8.67. The second-order valence-electron chi connectivity index (χ2n) is 6.09. The number of aryl methyl sites for hydroxylation is 1. The fourth-order valence-electron chi connectivity index (χ4n) is 3.10. The van der Waals surface area contributed by atoms with Crippen LogP contribution < -0.4 is 0 Å². The maximum absolute atomic E-state index is 12.7. The number of allylic oxidation sites excluding steroid dienone is 1. The van der Waals surface area contributed by atoms with Gasteiger partial charge in [0, 0.05) is 18.0 Å². The minimum Gasteiger partial charge on any atom is -0.463 e. The van der Waals surface area contributed by atoms with E-state index in [2.05, 4.69) is 4.98 Å². The smallest absolute Gasteiger partial charge is 0.338 e. The summed E-state index contributed by atoms with van der Waals surface area (Å²) in [6.07, 6.45) is 0. The SMILES string of the molecule is CCOC(=O)C1=C(C)N(C(C)=O)C(c2csc(C)n2)=NC1c1ccccc1. The van der Waals surface area contributed by atoms with Crippen molar-refractivity contribution in [2.45, 2.75) is 33.7 Å². The Labute approximate surface area is 162 Å². The van der Waals surface area contributed by atoms with Gasteiger partial charge in [-0.1, -0.05) is 30.3 Å². The number of carbonyl (C=O) groups is 2. The van der Waals surface area contributed by atoms with Crippen LogP contribution in [0.2, 0.25) is 0 Å². The summed E-state index contributed by atoms with van der Waals surface area (Å²) in [7, 11) is 0. The molecule has 2 heterocycles. The predicted octanol–water partition coefficient (Wildman–Crippen LogP) is 3.64. The highest BCUT2D eigenvalue weighted by molar-refractivity contribution is 7.09. The third-order valence-corrected chi connectivity index (χ3v) is 5.01. The molecule has 1 aliphatic heterocycles. The summed E-state index contributed by atoms with van der Waals surface area (Å²) in [5.74, 6) is -0.246. The van der Waals surface area contributed by atoms with Crippen molar-refractivity contribution in [3.63, 3.8) is 0 Å². The number of hydrogen-bond acceptors (Lipinski definition) is 6. The molecule has 1 aromatic carbocycles. The number of thiazole rings is 1. The highest BCUT2D eigenvalue weighted by Crippen LogP contribution is 2.36. The topological polar surface area (TPSA) is 71.9 Å². The van der Waals surface area contributed by atoms with E-state index in [1.807, 2.05) is 42.6 Å². The molecule has 0 saturated heterocycles. The van der Waals surface area contributed by atoms with Gasteiger partial charge in [0.15, 0.2) is 5.84 Å². The zero-order valence-electron chi connectivity index (χ0n) is 15.7. The van der Waals surface area contributed by atoms with Crippen LogP contribution in [0, 0.1) is 6.92 Å². The lowest BCUT2D eigenvalue weighted by Crippen LogP contribution is -2.40. The van der Waals surface area contributed by atoms with Crippen LogP contribution in [-0.2, 0) is 14.3 Å². The predicted molar refractivity (Wildman–Crippen MR) is 104 cm³/mol. The zero-order valence-corrected chi connectivity index (χ0v) is 16.5. The molecule has 1 unspecified atom stereocenters. The van der Waals surface area contributed by atoms with Gasteiger partial charge in [-0.05, 0) is 26.3 Å². The van der Waals surface area contributed by atoms with Crippen molar-refractivity contribution in [1.29, 1.82) is 0 Å². The maximum atomic E-state index is 12.7. The number of ether oxygens (including phenoxy) is 1. The number of carbonyl (C=O) groups excluding carboxylic acids is 2. The molecule has 0 N–H and O–H groups in total. The molecule has 0 bridgehead atoms. The lowest BCUT2D eigenvalue weighted by Gasteiger charge is -2.32. The van der Waals surface area contributed by atoms with Gasteiger partial charge in [-0.2, -0.15) is 0 Å². The Kier molecular flexibility index (Phi) is 5.51. The Hall–Kier alpha value is -2.80. The summed E-state index contributed by atoms with van der Waals surface area (Å²) in [6, 6.07) is 8.96. The lowest BCUT2D eigenvalue weighted by molar-refractivity contribution is -0.139. The number of hydrogen-bond donors (Lipinski definition) is 0. The van der Waals surface area contributed by atoms with Crippen molar-refractivity contribution in [1.82, 2.24) is 9.88 Å². The fraction of sp³-hybridized carbons (Fsp3) is 0.300. The normalized spacial score (nSPS) is 17.0. The van der Waals surface area contributed by atoms with Crippen LogP contribution in [0.4, 0.5) is 0 Å². The summed E-state index contributed by atoms with van der Waals surface area (Å²) in [5.41, 5.74) is 2.36. The summed E-state index contributed by atoms with van der Waals surface area (Å²) >= 11 is 1.49. The molecule has 1 amide bonds. The zero-order chi connectivity index (χ0) is 19.6. The first-order valence-corrected chi connectivity index (χ1v) is 9.55. The molecular weight excluding hydrogens is 362 g/mol. The molecule has 27 heavy (non-hydrogen) atoms. The van der Waals surface area contributed by atoms with Crippen molar-refractivity contribution >= 4 is 29.0 Å². The molecule has 0 radical (unpaired) electrons. The van der Waals surface area contributed by atoms with Gasteiger partial charge >= 0.3 is 5.97 Å². The molecule has 1 aromatic heterocycles. The number of nitrogens with zero attached hydrogens (tertiary/aromatic N) is 3. The van der Waals surface area contributed by atoms with E-state index in [4.69, 9.17) is 9.73 Å². The van der Waals surface area contributed by atoms with E-state index in [1.165, 1.54) is 23.2 Å². The van der Waals surface area contributed by atoms with Crippen LogP contribution in [0.1, 0.15) is 43.1 Å². The highest BCUT2D eigenvalue weighted by atomic mass is 32.1. The van der Waals surface area contributed by atoms with Crippen LogP contribution in [0.3, 0.4) is 0 Å². The summed E-state index contributed by atoms with van der Waals surface area (Å²) in [6.45, 7) is 7.10. The average molecular weight is 383 g/mol. The summed E-state index contributed by atoms with van der Waals surface area (Å²) in [4.78, 5) is 35.8. The molecule has 3 rings (SSSR count). The van der Waals surface area contributed by atoms with Gasteiger partial charge in [-0.15, -0.1) is 11.3 Å². The monoisotopic (exact) mass is 383 g/mol. The van der Waals surface area contributed by atoms with E-state index in [0.29, 0.717) is 22.8 Å². The Morgan fingerprint density at radius 3 is 2.48 bits per heavy atom. The van der Waals surface area contributed by atoms with E-state index in [-0.39, 0.29) is 12.5 Å². The van der Waals surface area contributed by atoms with Crippen LogP contribution in [0.15, 0.2) is 52.0 Å². The van der Waals surface area contributed by atoms with Crippen LogP contribution in [0.5, 0.6) is 0 Å². The molecule has 0 saturated carbocycles. The molecule has 0 spiro atoms. The number of benzene rings is 1. The third-order valence-electron chi connectivity index (χ3n) is 4.24. The molecule has 7 heteroatoms. The van der Waals surface area contributed by atoms with E-state index >= 15 is 0 Å². The lowest BCUT2D eigenvalue weighted by atomic mass is 9.95. The number of rotatable bonds is 4. The molecule has 140 valence electrons. The van der Waals surface area contributed by atoms with E-state index < -0.39 is 12.0 Å². The van der Waals surface area contributed by atoms with Gasteiger partial charge in [-0.25, -0.2) is 9.78 Å². The summed E-state index contributed by atoms with van der Waals surface area (Å²) in [5, 5.41) is 2.75. The number of amides is 1. The molecule has 1 atom stereocenters. The highest BCUT2D eigenvalue weighted by Gasteiger charge is 2.36. The quantitative estimate of drug-likeness (QED) is 0.756. The Balaban J connectivity index is 2.21. The van der Waals surface area contributed by atoms with Crippen molar-refractivity contribution < 1.29 is 14.3 Å². The Morgan fingerprint density at radius 2 is 1.93 bits per heavy atom. The number of esters is 1. The Morgan fingerprint density at radius 1 is 1.22 bits per heavy atom. The summed E-state index contributed by atoms with van der Waals surface area (Å²) < 4.78 is 5.26. The van der Waals surface area contributed by atoms with Gasteiger partial charge in [0.1, 0.15) is 11.7 Å². The van der Waals surface area contributed by atoms with Gasteiger partial charge < -0.3 is 4.74 Å². The van der Waals surface area contributed by atoms with Crippen molar-refractivity contribution in [3.05, 3.63) is 63.2 Å². The molecule has 0 fully saturated rings. The molecule has 0 aliphatic carbocycles. The van der Waals surface area contributed by atoms with Crippen LogP contribution in [-0.4, -0.2) is 34.2 Å². The van der Waals surface area contributed by atoms with Crippen molar-refractivity contribution in [3.8, 4) is 0 Å².